The second-order valence-corrected chi connectivity index (χ2v) is 7.26. The molecule has 1 saturated carbocycles. The first-order chi connectivity index (χ1) is 8.53. The van der Waals surface area contributed by atoms with E-state index in [1.54, 1.807) is 16.4 Å². The number of hydrogen-bond donors (Lipinski definition) is 0. The number of nitrogens with zero attached hydrogens (tertiary/aromatic N) is 1. The van der Waals surface area contributed by atoms with Crippen LogP contribution in [0.1, 0.15) is 18.4 Å². The van der Waals surface area contributed by atoms with Crippen molar-refractivity contribution in [1.29, 1.82) is 0 Å². The van der Waals surface area contributed by atoms with Gasteiger partial charge in [0, 0.05) is 23.5 Å². The average molecular weight is 308 g/mol. The maximum Gasteiger partial charge on any atom is 0.215 e. The molecule has 0 spiro atoms. The van der Waals surface area contributed by atoms with Crippen LogP contribution in [0.25, 0.3) is 0 Å². The number of alkyl halides is 1. The third-order valence-corrected chi connectivity index (χ3v) is 5.43. The highest BCUT2D eigenvalue weighted by atomic mass is 35.5. The Bertz CT molecular complexity index is 497. The Kier molecular flexibility index (Phi) is 4.54. The van der Waals surface area contributed by atoms with Crippen LogP contribution in [0.2, 0.25) is 5.02 Å². The third-order valence-electron chi connectivity index (χ3n) is 2.90. The molecule has 6 heteroatoms. The highest BCUT2D eigenvalue weighted by Gasteiger charge is 2.36. The Hall–Kier alpha value is -0.290. The van der Waals surface area contributed by atoms with Crippen LogP contribution in [0, 0.1) is 0 Å². The smallest absolute Gasteiger partial charge is 0.212 e. The Morgan fingerprint density at radius 2 is 1.83 bits per heavy atom. The first kappa shape index (κ1) is 14.1. The zero-order chi connectivity index (χ0) is 13.2. The summed E-state index contributed by atoms with van der Waals surface area (Å²) >= 11 is 11.4. The molecule has 100 valence electrons. The molecule has 0 atom stereocenters. The average Bonchev–Trinajstić information content (AvgIpc) is 3.12. The first-order valence-corrected chi connectivity index (χ1v) is 8.35. The van der Waals surface area contributed by atoms with Crippen LogP contribution in [0.5, 0.6) is 0 Å². The van der Waals surface area contributed by atoms with Crippen molar-refractivity contribution in [1.82, 2.24) is 4.31 Å². The number of benzene rings is 1. The summed E-state index contributed by atoms with van der Waals surface area (Å²) in [4.78, 5) is 0. The lowest BCUT2D eigenvalue weighted by molar-refractivity contribution is 0.399. The monoisotopic (exact) mass is 307 g/mol. The second-order valence-electron chi connectivity index (χ2n) is 4.41. The minimum atomic E-state index is -3.25. The molecule has 0 saturated heterocycles. The van der Waals surface area contributed by atoms with E-state index in [2.05, 4.69) is 0 Å². The molecule has 0 radical (unpaired) electrons. The summed E-state index contributed by atoms with van der Waals surface area (Å²) in [7, 11) is -3.25. The largest absolute Gasteiger partial charge is 0.215 e. The molecule has 0 unspecified atom stereocenters. The maximum atomic E-state index is 12.1. The van der Waals surface area contributed by atoms with Crippen LogP contribution in [0.15, 0.2) is 24.3 Å². The number of hydrogen-bond acceptors (Lipinski definition) is 2. The van der Waals surface area contributed by atoms with Gasteiger partial charge < -0.3 is 0 Å². The Labute approximate surface area is 118 Å². The van der Waals surface area contributed by atoms with Crippen molar-refractivity contribution in [2.45, 2.75) is 25.4 Å². The molecule has 0 aliphatic heterocycles. The summed E-state index contributed by atoms with van der Waals surface area (Å²) in [5.74, 6) is 0.130. The van der Waals surface area contributed by atoms with Gasteiger partial charge in [-0.1, -0.05) is 23.7 Å². The molecule has 1 aliphatic carbocycles. The summed E-state index contributed by atoms with van der Waals surface area (Å²) in [6.07, 6.45) is 1.88. The van der Waals surface area contributed by atoms with Crippen molar-refractivity contribution < 1.29 is 8.42 Å². The fourth-order valence-corrected chi connectivity index (χ4v) is 3.95. The van der Waals surface area contributed by atoms with Crippen molar-refractivity contribution in [2.75, 3.05) is 11.6 Å². The summed E-state index contributed by atoms with van der Waals surface area (Å²) in [6, 6.07) is 7.41. The minimum Gasteiger partial charge on any atom is -0.212 e. The number of sulfonamides is 1. The predicted molar refractivity (Wildman–Crippen MR) is 74.5 cm³/mol. The quantitative estimate of drug-likeness (QED) is 0.758. The minimum absolute atomic E-state index is 0.00134. The van der Waals surface area contributed by atoms with Gasteiger partial charge in [-0.2, -0.15) is 4.31 Å². The van der Waals surface area contributed by atoms with Gasteiger partial charge in [0.2, 0.25) is 10.0 Å². The fourth-order valence-electron chi connectivity index (χ4n) is 1.80. The van der Waals surface area contributed by atoms with Gasteiger partial charge in [-0.05, 0) is 30.5 Å². The molecule has 0 heterocycles. The van der Waals surface area contributed by atoms with Crippen LogP contribution in [-0.4, -0.2) is 30.4 Å². The van der Waals surface area contributed by atoms with Crippen molar-refractivity contribution >= 4 is 33.2 Å². The molecule has 1 aromatic rings. The van der Waals surface area contributed by atoms with Gasteiger partial charge in [0.1, 0.15) is 0 Å². The Morgan fingerprint density at radius 3 is 2.33 bits per heavy atom. The van der Waals surface area contributed by atoms with Gasteiger partial charge in [0.05, 0.1) is 5.75 Å². The van der Waals surface area contributed by atoms with E-state index in [9.17, 15) is 8.42 Å². The molecular formula is C12H15Cl2NO2S. The summed E-state index contributed by atoms with van der Waals surface area (Å²) < 4.78 is 25.8. The Morgan fingerprint density at radius 1 is 1.22 bits per heavy atom. The molecule has 1 fully saturated rings. The SMILES string of the molecule is O=S(=O)(CCCl)N(Cc1ccc(Cl)cc1)C1CC1. The molecule has 1 aliphatic rings. The summed E-state index contributed by atoms with van der Waals surface area (Å²) in [5.41, 5.74) is 0.949. The van der Waals surface area contributed by atoms with Gasteiger partial charge in [0.25, 0.3) is 0 Å². The topological polar surface area (TPSA) is 37.4 Å². The molecule has 1 aromatic carbocycles. The molecule has 0 N–H and O–H groups in total. The van der Waals surface area contributed by atoms with Crippen molar-refractivity contribution in [2.24, 2.45) is 0 Å². The lowest BCUT2D eigenvalue weighted by Crippen LogP contribution is -2.34. The van der Waals surface area contributed by atoms with Gasteiger partial charge in [0.15, 0.2) is 0 Å². The lowest BCUT2D eigenvalue weighted by Gasteiger charge is -2.21. The number of rotatable bonds is 6. The highest BCUT2D eigenvalue weighted by molar-refractivity contribution is 7.89. The lowest BCUT2D eigenvalue weighted by atomic mass is 10.2. The molecule has 3 nitrogen and oxygen atoms in total. The van der Waals surface area contributed by atoms with Crippen molar-refractivity contribution in [3.63, 3.8) is 0 Å². The van der Waals surface area contributed by atoms with Crippen LogP contribution in [0.4, 0.5) is 0 Å². The Balaban J connectivity index is 2.14. The van der Waals surface area contributed by atoms with Crippen molar-refractivity contribution in [3.8, 4) is 0 Å². The van der Waals surface area contributed by atoms with E-state index in [4.69, 9.17) is 23.2 Å². The molecule has 0 bridgehead atoms. The molecule has 18 heavy (non-hydrogen) atoms. The molecular weight excluding hydrogens is 293 g/mol. The van der Waals surface area contributed by atoms with Gasteiger partial charge in [-0.15, -0.1) is 11.6 Å². The number of halogens is 2. The van der Waals surface area contributed by atoms with Gasteiger partial charge in [-0.3, -0.25) is 0 Å². The van der Waals surface area contributed by atoms with Crippen LogP contribution in [0.3, 0.4) is 0 Å². The van der Waals surface area contributed by atoms with E-state index in [-0.39, 0.29) is 17.7 Å². The zero-order valence-electron chi connectivity index (χ0n) is 9.85. The second kappa shape index (κ2) is 5.78. The van der Waals surface area contributed by atoms with E-state index in [1.165, 1.54) is 0 Å². The van der Waals surface area contributed by atoms with Crippen LogP contribution in [-0.2, 0) is 16.6 Å². The van der Waals surface area contributed by atoms with Crippen LogP contribution >= 0.6 is 23.2 Å². The van der Waals surface area contributed by atoms with Gasteiger partial charge in [-0.25, -0.2) is 8.42 Å². The standard InChI is InChI=1S/C12H15Cl2NO2S/c13-7-8-18(16,17)15(12-5-6-12)9-10-1-3-11(14)4-2-10/h1-4,12H,5-9H2. The van der Waals surface area contributed by atoms with E-state index in [0.717, 1.165) is 18.4 Å². The normalized spacial score (nSPS) is 16.2. The van der Waals surface area contributed by atoms with E-state index < -0.39 is 10.0 Å². The molecule has 2 rings (SSSR count). The van der Waals surface area contributed by atoms with Crippen molar-refractivity contribution in [3.05, 3.63) is 34.9 Å². The third kappa shape index (κ3) is 3.60. The van der Waals surface area contributed by atoms with Crippen LogP contribution < -0.4 is 0 Å². The van der Waals surface area contributed by atoms with E-state index in [0.29, 0.717) is 11.6 Å². The van der Waals surface area contributed by atoms with E-state index >= 15 is 0 Å². The molecule has 0 amide bonds. The zero-order valence-corrected chi connectivity index (χ0v) is 12.2. The highest BCUT2D eigenvalue weighted by Crippen LogP contribution is 2.31. The van der Waals surface area contributed by atoms with Gasteiger partial charge >= 0.3 is 0 Å². The summed E-state index contributed by atoms with van der Waals surface area (Å²) in [5, 5.41) is 0.653. The predicted octanol–water partition coefficient (Wildman–Crippen LogP) is 2.87. The molecule has 0 aromatic heterocycles. The fraction of sp³-hybridized carbons (Fsp3) is 0.500. The van der Waals surface area contributed by atoms with E-state index in [1.807, 2.05) is 12.1 Å². The first-order valence-electron chi connectivity index (χ1n) is 5.83. The summed E-state index contributed by atoms with van der Waals surface area (Å²) in [6.45, 7) is 0.404. The maximum absolute atomic E-state index is 12.1.